The standard InChI is InChI=1S/C15H16ClNO/c1-11-5-2-3-6-12(11)9-17-10-13-7-4-8-14(16)15(13)18/h2-8,17-18H,9-10H2,1H3. The molecule has 94 valence electrons. The average molecular weight is 262 g/mol. The summed E-state index contributed by atoms with van der Waals surface area (Å²) < 4.78 is 0. The molecular formula is C15H16ClNO. The smallest absolute Gasteiger partial charge is 0.138 e. The third-order valence-corrected chi connectivity index (χ3v) is 3.27. The van der Waals surface area contributed by atoms with E-state index in [1.54, 1.807) is 6.07 Å². The summed E-state index contributed by atoms with van der Waals surface area (Å²) in [6.07, 6.45) is 0. The van der Waals surface area contributed by atoms with Gasteiger partial charge in [0.15, 0.2) is 0 Å². The van der Waals surface area contributed by atoms with Crippen LogP contribution in [0.15, 0.2) is 42.5 Å². The number of phenols is 1. The summed E-state index contributed by atoms with van der Waals surface area (Å²) in [5, 5.41) is 13.5. The van der Waals surface area contributed by atoms with Gasteiger partial charge in [-0.25, -0.2) is 0 Å². The molecular weight excluding hydrogens is 246 g/mol. The van der Waals surface area contributed by atoms with Crippen LogP contribution in [0.1, 0.15) is 16.7 Å². The number of benzene rings is 2. The van der Waals surface area contributed by atoms with E-state index in [4.69, 9.17) is 11.6 Å². The van der Waals surface area contributed by atoms with Gasteiger partial charge in [0.05, 0.1) is 5.02 Å². The van der Waals surface area contributed by atoms with Crippen molar-refractivity contribution in [2.45, 2.75) is 20.0 Å². The third-order valence-electron chi connectivity index (χ3n) is 2.96. The summed E-state index contributed by atoms with van der Waals surface area (Å²) in [7, 11) is 0. The fourth-order valence-electron chi connectivity index (χ4n) is 1.84. The predicted octanol–water partition coefficient (Wildman–Crippen LogP) is 3.64. The second-order valence-corrected chi connectivity index (χ2v) is 4.68. The summed E-state index contributed by atoms with van der Waals surface area (Å²) in [5.41, 5.74) is 3.34. The summed E-state index contributed by atoms with van der Waals surface area (Å²) in [6, 6.07) is 13.6. The molecule has 0 aromatic heterocycles. The number of hydrogen-bond donors (Lipinski definition) is 2. The van der Waals surface area contributed by atoms with Crippen molar-refractivity contribution in [3.63, 3.8) is 0 Å². The molecule has 0 aliphatic carbocycles. The first-order valence-electron chi connectivity index (χ1n) is 5.90. The molecule has 0 unspecified atom stereocenters. The summed E-state index contributed by atoms with van der Waals surface area (Å²) in [4.78, 5) is 0. The zero-order valence-electron chi connectivity index (χ0n) is 10.3. The van der Waals surface area contributed by atoms with E-state index in [0.29, 0.717) is 11.6 Å². The number of aromatic hydroxyl groups is 1. The lowest BCUT2D eigenvalue weighted by molar-refractivity contribution is 0.464. The normalized spacial score (nSPS) is 10.6. The van der Waals surface area contributed by atoms with Gasteiger partial charge in [0.2, 0.25) is 0 Å². The van der Waals surface area contributed by atoms with E-state index in [1.165, 1.54) is 11.1 Å². The lowest BCUT2D eigenvalue weighted by Crippen LogP contribution is -2.13. The minimum atomic E-state index is 0.163. The number of aryl methyl sites for hydroxylation is 1. The van der Waals surface area contributed by atoms with Crippen molar-refractivity contribution < 1.29 is 5.11 Å². The molecule has 0 saturated heterocycles. The van der Waals surface area contributed by atoms with E-state index in [1.807, 2.05) is 24.3 Å². The van der Waals surface area contributed by atoms with Crippen LogP contribution < -0.4 is 5.32 Å². The van der Waals surface area contributed by atoms with Gasteiger partial charge in [-0.05, 0) is 24.1 Å². The van der Waals surface area contributed by atoms with Crippen LogP contribution in [0, 0.1) is 6.92 Å². The van der Waals surface area contributed by atoms with Crippen molar-refractivity contribution in [3.8, 4) is 5.75 Å². The number of halogens is 1. The zero-order chi connectivity index (χ0) is 13.0. The van der Waals surface area contributed by atoms with E-state index in [-0.39, 0.29) is 5.75 Å². The average Bonchev–Trinajstić information content (AvgIpc) is 2.37. The van der Waals surface area contributed by atoms with Crippen molar-refractivity contribution in [2.75, 3.05) is 0 Å². The molecule has 2 nitrogen and oxygen atoms in total. The molecule has 0 spiro atoms. The van der Waals surface area contributed by atoms with Gasteiger partial charge in [0.25, 0.3) is 0 Å². The van der Waals surface area contributed by atoms with Crippen molar-refractivity contribution in [1.82, 2.24) is 5.32 Å². The van der Waals surface area contributed by atoms with Crippen LogP contribution in [-0.2, 0) is 13.1 Å². The van der Waals surface area contributed by atoms with Gasteiger partial charge in [0.1, 0.15) is 5.75 Å². The molecule has 0 radical (unpaired) electrons. The third kappa shape index (κ3) is 3.03. The Morgan fingerprint density at radius 3 is 2.44 bits per heavy atom. The maximum atomic E-state index is 9.78. The molecule has 0 bridgehead atoms. The predicted molar refractivity (Wildman–Crippen MR) is 74.8 cm³/mol. The number of hydrogen-bond acceptors (Lipinski definition) is 2. The molecule has 2 aromatic rings. The lowest BCUT2D eigenvalue weighted by Gasteiger charge is -2.09. The number of rotatable bonds is 4. The quantitative estimate of drug-likeness (QED) is 0.881. The second-order valence-electron chi connectivity index (χ2n) is 4.28. The molecule has 0 saturated carbocycles. The highest BCUT2D eigenvalue weighted by atomic mass is 35.5. The minimum Gasteiger partial charge on any atom is -0.506 e. The van der Waals surface area contributed by atoms with Crippen molar-refractivity contribution in [3.05, 3.63) is 64.2 Å². The van der Waals surface area contributed by atoms with Crippen molar-refractivity contribution >= 4 is 11.6 Å². The molecule has 0 aliphatic heterocycles. The Balaban J connectivity index is 1.97. The molecule has 18 heavy (non-hydrogen) atoms. The fraction of sp³-hybridized carbons (Fsp3) is 0.200. The Kier molecular flexibility index (Phi) is 4.24. The van der Waals surface area contributed by atoms with Crippen LogP contribution in [0.3, 0.4) is 0 Å². The van der Waals surface area contributed by atoms with Gasteiger partial charge in [-0.3, -0.25) is 0 Å². The van der Waals surface area contributed by atoms with E-state index in [9.17, 15) is 5.11 Å². The largest absolute Gasteiger partial charge is 0.506 e. The van der Waals surface area contributed by atoms with E-state index >= 15 is 0 Å². The van der Waals surface area contributed by atoms with Gasteiger partial charge in [-0.15, -0.1) is 0 Å². The highest BCUT2D eigenvalue weighted by Crippen LogP contribution is 2.26. The molecule has 0 heterocycles. The first-order valence-corrected chi connectivity index (χ1v) is 6.28. The SMILES string of the molecule is Cc1ccccc1CNCc1cccc(Cl)c1O. The molecule has 0 amide bonds. The minimum absolute atomic E-state index is 0.163. The first-order chi connectivity index (χ1) is 8.68. The highest BCUT2D eigenvalue weighted by molar-refractivity contribution is 6.32. The van der Waals surface area contributed by atoms with E-state index in [2.05, 4.69) is 24.4 Å². The molecule has 0 aliphatic rings. The molecule has 2 N–H and O–H groups in total. The van der Waals surface area contributed by atoms with Crippen LogP contribution in [-0.4, -0.2) is 5.11 Å². The number of nitrogens with one attached hydrogen (secondary N) is 1. The van der Waals surface area contributed by atoms with Crippen LogP contribution >= 0.6 is 11.6 Å². The maximum absolute atomic E-state index is 9.78. The molecule has 2 aromatic carbocycles. The van der Waals surface area contributed by atoms with Crippen LogP contribution in [0.2, 0.25) is 5.02 Å². The topological polar surface area (TPSA) is 32.3 Å². The van der Waals surface area contributed by atoms with Gasteiger partial charge in [0, 0.05) is 18.7 Å². The van der Waals surface area contributed by atoms with Crippen LogP contribution in [0.4, 0.5) is 0 Å². The van der Waals surface area contributed by atoms with E-state index in [0.717, 1.165) is 12.1 Å². The maximum Gasteiger partial charge on any atom is 0.138 e. The summed E-state index contributed by atoms with van der Waals surface area (Å²) in [5.74, 6) is 0.163. The van der Waals surface area contributed by atoms with Crippen molar-refractivity contribution in [2.24, 2.45) is 0 Å². The Morgan fingerprint density at radius 1 is 1.00 bits per heavy atom. The van der Waals surface area contributed by atoms with Gasteiger partial charge in [-0.1, -0.05) is 48.0 Å². The molecule has 3 heteroatoms. The number of para-hydroxylation sites is 1. The molecule has 0 fully saturated rings. The van der Waals surface area contributed by atoms with Gasteiger partial charge >= 0.3 is 0 Å². The Bertz CT molecular complexity index is 540. The molecule has 2 rings (SSSR count). The van der Waals surface area contributed by atoms with E-state index < -0.39 is 0 Å². The molecule has 0 atom stereocenters. The lowest BCUT2D eigenvalue weighted by atomic mass is 10.1. The Morgan fingerprint density at radius 2 is 1.67 bits per heavy atom. The summed E-state index contributed by atoms with van der Waals surface area (Å²) >= 11 is 5.86. The Hall–Kier alpha value is -1.51. The fourth-order valence-corrected chi connectivity index (χ4v) is 2.04. The Labute approximate surface area is 112 Å². The zero-order valence-corrected chi connectivity index (χ0v) is 11.0. The first kappa shape index (κ1) is 12.9. The number of phenolic OH excluding ortho intramolecular Hbond substituents is 1. The van der Waals surface area contributed by atoms with Crippen LogP contribution in [0.5, 0.6) is 5.75 Å². The van der Waals surface area contributed by atoms with Crippen molar-refractivity contribution in [1.29, 1.82) is 0 Å². The highest BCUT2D eigenvalue weighted by Gasteiger charge is 2.04. The van der Waals surface area contributed by atoms with Gasteiger partial charge in [-0.2, -0.15) is 0 Å². The second kappa shape index (κ2) is 5.89. The van der Waals surface area contributed by atoms with Crippen LogP contribution in [0.25, 0.3) is 0 Å². The summed E-state index contributed by atoms with van der Waals surface area (Å²) in [6.45, 7) is 3.47. The van der Waals surface area contributed by atoms with Gasteiger partial charge < -0.3 is 10.4 Å². The monoisotopic (exact) mass is 261 g/mol.